The molecule has 30 heavy (non-hydrogen) atoms. The van der Waals surface area contributed by atoms with Gasteiger partial charge in [-0.2, -0.15) is 4.31 Å². The molecule has 2 fully saturated rings. The van der Waals surface area contributed by atoms with E-state index in [9.17, 15) is 23.3 Å². The minimum absolute atomic E-state index is 0.0651. The molecule has 2 heterocycles. The summed E-state index contributed by atoms with van der Waals surface area (Å²) in [4.78, 5) is 26.2. The molecule has 166 valence electrons. The number of methoxy groups -OCH3 is 1. The number of carbonyl (C=O) groups excluding carboxylic acids is 1. The minimum atomic E-state index is -3.79. The van der Waals surface area contributed by atoms with Crippen molar-refractivity contribution in [2.24, 2.45) is 0 Å². The Kier molecular flexibility index (Phi) is 6.78. The Labute approximate surface area is 175 Å². The summed E-state index contributed by atoms with van der Waals surface area (Å²) in [5.74, 6) is 0. The van der Waals surface area contributed by atoms with Crippen LogP contribution in [-0.4, -0.2) is 93.0 Å². The largest absolute Gasteiger partial charge is 0.453 e. The number of nitrogens with zero attached hydrogens (tertiary/aromatic N) is 4. The number of nitro groups is 1. The van der Waals surface area contributed by atoms with Gasteiger partial charge in [0.2, 0.25) is 10.0 Å². The number of piperidine rings is 1. The van der Waals surface area contributed by atoms with Crippen molar-refractivity contribution in [2.45, 2.75) is 23.8 Å². The molecule has 12 heteroatoms. The Morgan fingerprint density at radius 1 is 1.17 bits per heavy atom. The van der Waals surface area contributed by atoms with Gasteiger partial charge in [0, 0.05) is 51.4 Å². The fourth-order valence-corrected chi connectivity index (χ4v) is 5.12. The van der Waals surface area contributed by atoms with E-state index in [0.29, 0.717) is 52.1 Å². The molecule has 0 bridgehead atoms. The highest BCUT2D eigenvalue weighted by Gasteiger charge is 2.30. The first-order valence-corrected chi connectivity index (χ1v) is 11.2. The van der Waals surface area contributed by atoms with Gasteiger partial charge in [0.1, 0.15) is 5.69 Å². The SMILES string of the molecule is COC(=O)N1CCC(Nc2ccc(S(=O)(=O)N3CCN(C)CC3)cc2[N+](=O)[O-])CC1. The predicted octanol–water partition coefficient (Wildman–Crippen LogP) is 1.17. The van der Waals surface area contributed by atoms with Crippen LogP contribution in [0, 0.1) is 10.1 Å². The second-order valence-corrected chi connectivity index (χ2v) is 9.46. The first kappa shape index (κ1) is 22.2. The summed E-state index contributed by atoms with van der Waals surface area (Å²) in [5, 5.41) is 14.8. The van der Waals surface area contributed by atoms with Crippen molar-refractivity contribution in [2.75, 3.05) is 58.7 Å². The summed E-state index contributed by atoms with van der Waals surface area (Å²) in [6.45, 7) is 2.90. The zero-order chi connectivity index (χ0) is 21.9. The molecule has 1 aromatic carbocycles. The van der Waals surface area contributed by atoms with Crippen LogP contribution >= 0.6 is 0 Å². The Morgan fingerprint density at radius 3 is 2.37 bits per heavy atom. The third-order valence-corrected chi connectivity index (χ3v) is 7.45. The number of rotatable bonds is 5. The lowest BCUT2D eigenvalue weighted by atomic mass is 10.0. The molecule has 1 aromatic rings. The summed E-state index contributed by atoms with van der Waals surface area (Å²) in [6.07, 6.45) is 0.819. The lowest BCUT2D eigenvalue weighted by Gasteiger charge is -2.32. The van der Waals surface area contributed by atoms with Crippen molar-refractivity contribution >= 4 is 27.5 Å². The van der Waals surface area contributed by atoms with Gasteiger partial charge in [-0.1, -0.05) is 0 Å². The molecule has 0 aromatic heterocycles. The maximum Gasteiger partial charge on any atom is 0.409 e. The van der Waals surface area contributed by atoms with Gasteiger partial charge in [-0.25, -0.2) is 13.2 Å². The highest BCUT2D eigenvalue weighted by Crippen LogP contribution is 2.31. The lowest BCUT2D eigenvalue weighted by Crippen LogP contribution is -2.47. The molecule has 1 N–H and O–H groups in total. The fraction of sp³-hybridized carbons (Fsp3) is 0.611. The van der Waals surface area contributed by atoms with Gasteiger partial charge in [0.25, 0.3) is 5.69 Å². The van der Waals surface area contributed by atoms with Crippen molar-refractivity contribution < 1.29 is 22.9 Å². The molecule has 0 atom stereocenters. The minimum Gasteiger partial charge on any atom is -0.453 e. The van der Waals surface area contributed by atoms with Gasteiger partial charge in [-0.05, 0) is 32.0 Å². The van der Waals surface area contributed by atoms with E-state index in [1.165, 1.54) is 23.5 Å². The van der Waals surface area contributed by atoms with E-state index in [4.69, 9.17) is 4.74 Å². The van der Waals surface area contributed by atoms with Gasteiger partial charge in [0.15, 0.2) is 0 Å². The van der Waals surface area contributed by atoms with E-state index < -0.39 is 21.0 Å². The van der Waals surface area contributed by atoms with Gasteiger partial charge in [0.05, 0.1) is 16.9 Å². The normalized spacial score (nSPS) is 19.5. The molecule has 2 saturated heterocycles. The Morgan fingerprint density at radius 2 is 1.80 bits per heavy atom. The molecule has 0 aliphatic carbocycles. The van der Waals surface area contributed by atoms with Crippen molar-refractivity contribution in [3.8, 4) is 0 Å². The van der Waals surface area contributed by atoms with E-state index in [1.54, 1.807) is 4.90 Å². The summed E-state index contributed by atoms with van der Waals surface area (Å²) in [7, 11) is -0.546. The number of ether oxygens (including phenoxy) is 1. The molecule has 2 aliphatic heterocycles. The highest BCUT2D eigenvalue weighted by atomic mass is 32.2. The molecule has 0 unspecified atom stereocenters. The molecule has 0 saturated carbocycles. The third-order valence-electron chi connectivity index (χ3n) is 5.55. The Balaban J connectivity index is 1.74. The van der Waals surface area contributed by atoms with E-state index in [1.807, 2.05) is 11.9 Å². The maximum absolute atomic E-state index is 12.9. The topological polar surface area (TPSA) is 125 Å². The van der Waals surface area contributed by atoms with E-state index in [0.717, 1.165) is 6.07 Å². The summed E-state index contributed by atoms with van der Waals surface area (Å²) < 4.78 is 31.9. The predicted molar refractivity (Wildman–Crippen MR) is 110 cm³/mol. The van der Waals surface area contributed by atoms with Crippen molar-refractivity contribution in [3.05, 3.63) is 28.3 Å². The van der Waals surface area contributed by atoms with E-state index in [2.05, 4.69) is 5.32 Å². The van der Waals surface area contributed by atoms with Crippen LogP contribution in [0.5, 0.6) is 0 Å². The summed E-state index contributed by atoms with van der Waals surface area (Å²) in [6, 6.07) is 3.92. The number of hydrogen-bond donors (Lipinski definition) is 1. The second-order valence-electron chi connectivity index (χ2n) is 7.52. The van der Waals surface area contributed by atoms with E-state index in [-0.39, 0.29) is 22.3 Å². The number of sulfonamides is 1. The average molecular weight is 442 g/mol. The maximum atomic E-state index is 12.9. The van der Waals surface area contributed by atoms with Crippen LogP contribution in [0.1, 0.15) is 12.8 Å². The molecular weight excluding hydrogens is 414 g/mol. The van der Waals surface area contributed by atoms with Gasteiger partial charge in [-0.3, -0.25) is 10.1 Å². The molecular formula is C18H27N5O6S. The zero-order valence-electron chi connectivity index (χ0n) is 17.1. The van der Waals surface area contributed by atoms with Crippen LogP contribution in [0.15, 0.2) is 23.1 Å². The Bertz CT molecular complexity index is 892. The standard InChI is InChI=1S/C18H27N5O6S/c1-20-9-11-22(12-10-20)30(27,28)15-3-4-16(17(13-15)23(25)26)19-14-5-7-21(8-6-14)18(24)29-2/h3-4,13-14,19H,5-12H2,1-2H3. The number of benzene rings is 1. The van der Waals surface area contributed by atoms with Crippen LogP contribution in [0.2, 0.25) is 0 Å². The molecule has 0 spiro atoms. The second kappa shape index (κ2) is 9.14. The number of nitro benzene ring substituents is 1. The van der Waals surface area contributed by atoms with Crippen molar-refractivity contribution in [1.29, 1.82) is 0 Å². The highest BCUT2D eigenvalue weighted by molar-refractivity contribution is 7.89. The number of anilines is 1. The van der Waals surface area contributed by atoms with Crippen LogP contribution < -0.4 is 5.32 Å². The van der Waals surface area contributed by atoms with Gasteiger partial charge < -0.3 is 19.9 Å². The van der Waals surface area contributed by atoms with Crippen LogP contribution in [0.4, 0.5) is 16.2 Å². The van der Waals surface area contributed by atoms with Crippen LogP contribution in [0.25, 0.3) is 0 Å². The van der Waals surface area contributed by atoms with Crippen LogP contribution in [-0.2, 0) is 14.8 Å². The number of nitrogens with one attached hydrogen (secondary N) is 1. The lowest BCUT2D eigenvalue weighted by molar-refractivity contribution is -0.384. The summed E-state index contributed by atoms with van der Waals surface area (Å²) >= 11 is 0. The average Bonchev–Trinajstić information content (AvgIpc) is 2.74. The number of likely N-dealkylation sites (tertiary alicyclic amines) is 1. The van der Waals surface area contributed by atoms with Gasteiger partial charge in [-0.15, -0.1) is 0 Å². The molecule has 2 aliphatic rings. The number of hydrogen-bond acceptors (Lipinski definition) is 8. The van der Waals surface area contributed by atoms with Crippen molar-refractivity contribution in [3.63, 3.8) is 0 Å². The van der Waals surface area contributed by atoms with Crippen molar-refractivity contribution in [1.82, 2.24) is 14.1 Å². The Hall–Kier alpha value is -2.44. The number of likely N-dealkylation sites (N-methyl/N-ethyl adjacent to an activating group) is 1. The molecule has 3 rings (SSSR count). The molecule has 0 radical (unpaired) electrons. The number of carbonyl (C=O) groups is 1. The van der Waals surface area contributed by atoms with Gasteiger partial charge >= 0.3 is 6.09 Å². The smallest absolute Gasteiger partial charge is 0.409 e. The number of amides is 1. The quantitative estimate of drug-likeness (QED) is 0.533. The van der Waals surface area contributed by atoms with E-state index >= 15 is 0 Å². The summed E-state index contributed by atoms with van der Waals surface area (Å²) in [5.41, 5.74) is -0.00514. The zero-order valence-corrected chi connectivity index (χ0v) is 17.9. The fourth-order valence-electron chi connectivity index (χ4n) is 3.68. The first-order valence-electron chi connectivity index (χ1n) is 9.79. The molecule has 11 nitrogen and oxygen atoms in total. The first-order chi connectivity index (χ1) is 14.2. The monoisotopic (exact) mass is 441 g/mol. The number of piperazine rings is 1. The molecule has 1 amide bonds. The third kappa shape index (κ3) is 4.82. The van der Waals surface area contributed by atoms with Crippen LogP contribution in [0.3, 0.4) is 0 Å².